The van der Waals surface area contributed by atoms with Gasteiger partial charge in [0.05, 0.1) is 5.01 Å². The number of nitrogens with zero attached hydrogens (tertiary/aromatic N) is 3. The van der Waals surface area contributed by atoms with Crippen molar-refractivity contribution in [3.63, 3.8) is 0 Å². The maximum atomic E-state index is 4.36. The summed E-state index contributed by atoms with van der Waals surface area (Å²) in [7, 11) is 1.93. The number of hydrogen-bond acceptors (Lipinski definition) is 5. The van der Waals surface area contributed by atoms with Gasteiger partial charge in [-0.2, -0.15) is 0 Å². The Balaban J connectivity index is 2.28. The molecule has 1 N–H and O–H groups in total. The molecule has 13 heavy (non-hydrogen) atoms. The van der Waals surface area contributed by atoms with E-state index in [1.165, 1.54) is 0 Å². The second-order valence-corrected chi connectivity index (χ2v) is 3.71. The van der Waals surface area contributed by atoms with Gasteiger partial charge in [-0.1, -0.05) is 11.3 Å². The van der Waals surface area contributed by atoms with Crippen molar-refractivity contribution in [2.45, 2.75) is 6.42 Å². The predicted octanol–water partition coefficient (Wildman–Crippen LogP) is 0.848. The highest BCUT2D eigenvalue weighted by Crippen LogP contribution is 2.17. The molecule has 0 aliphatic rings. The number of nitrogens with one attached hydrogen (secondary N) is 1. The molecule has 0 saturated carbocycles. The van der Waals surface area contributed by atoms with Crippen LogP contribution in [0.2, 0.25) is 0 Å². The zero-order chi connectivity index (χ0) is 9.10. The first-order valence-electron chi connectivity index (χ1n) is 4.11. The number of likely N-dealkylation sites (N-methyl/N-ethyl adjacent to an activating group) is 1. The summed E-state index contributed by atoms with van der Waals surface area (Å²) in [6.45, 7) is 0.944. The molecule has 0 unspecified atom stereocenters. The highest BCUT2D eigenvalue weighted by atomic mass is 32.1. The third kappa shape index (κ3) is 1.81. The van der Waals surface area contributed by atoms with Gasteiger partial charge in [-0.25, -0.2) is 15.0 Å². The minimum atomic E-state index is 0.763. The second kappa shape index (κ2) is 3.76. The van der Waals surface area contributed by atoms with Crippen LogP contribution in [0.4, 0.5) is 0 Å². The number of rotatable bonds is 3. The Labute approximate surface area is 80.1 Å². The van der Waals surface area contributed by atoms with Crippen LogP contribution in [0.3, 0.4) is 0 Å². The van der Waals surface area contributed by atoms with E-state index in [0.717, 1.165) is 28.5 Å². The Morgan fingerprint density at radius 2 is 2.23 bits per heavy atom. The van der Waals surface area contributed by atoms with E-state index in [4.69, 9.17) is 0 Å². The molecule has 2 aromatic heterocycles. The second-order valence-electron chi connectivity index (χ2n) is 2.65. The van der Waals surface area contributed by atoms with Gasteiger partial charge in [-0.3, -0.25) is 0 Å². The van der Waals surface area contributed by atoms with Crippen molar-refractivity contribution in [3.8, 4) is 0 Å². The van der Waals surface area contributed by atoms with Crippen molar-refractivity contribution in [1.29, 1.82) is 0 Å². The zero-order valence-corrected chi connectivity index (χ0v) is 8.14. The molecule has 0 amide bonds. The van der Waals surface area contributed by atoms with E-state index in [-0.39, 0.29) is 0 Å². The molecule has 0 aliphatic carbocycles. The Morgan fingerprint density at radius 1 is 1.38 bits per heavy atom. The molecule has 4 nitrogen and oxygen atoms in total. The van der Waals surface area contributed by atoms with Gasteiger partial charge in [0.1, 0.15) is 0 Å². The van der Waals surface area contributed by atoms with E-state index in [0.29, 0.717) is 0 Å². The van der Waals surface area contributed by atoms with Gasteiger partial charge in [-0.05, 0) is 7.05 Å². The normalized spacial score (nSPS) is 10.8. The van der Waals surface area contributed by atoms with Crippen molar-refractivity contribution < 1.29 is 0 Å². The molecule has 0 bridgehead atoms. The third-order valence-corrected chi connectivity index (χ3v) is 2.69. The van der Waals surface area contributed by atoms with Gasteiger partial charge in [0.15, 0.2) is 10.5 Å². The average Bonchev–Trinajstić information content (AvgIpc) is 2.57. The molecule has 0 fully saturated rings. The lowest BCUT2D eigenvalue weighted by atomic mass is 10.4. The first kappa shape index (κ1) is 8.52. The summed E-state index contributed by atoms with van der Waals surface area (Å²) in [4.78, 5) is 13.6. The van der Waals surface area contributed by atoms with Crippen LogP contribution >= 0.6 is 11.3 Å². The molecule has 2 heterocycles. The summed E-state index contributed by atoms with van der Waals surface area (Å²) in [5.74, 6) is 0. The molecular weight excluding hydrogens is 184 g/mol. The van der Waals surface area contributed by atoms with Crippen LogP contribution in [0.15, 0.2) is 12.4 Å². The van der Waals surface area contributed by atoms with Gasteiger partial charge in [0.25, 0.3) is 0 Å². The SMILES string of the molecule is CNCCc1nc2nccnc2s1. The first-order valence-corrected chi connectivity index (χ1v) is 4.93. The van der Waals surface area contributed by atoms with Crippen LogP contribution in [0.5, 0.6) is 0 Å². The molecule has 5 heteroatoms. The monoisotopic (exact) mass is 194 g/mol. The van der Waals surface area contributed by atoms with Crippen LogP contribution < -0.4 is 5.32 Å². The van der Waals surface area contributed by atoms with E-state index in [1.807, 2.05) is 7.05 Å². The molecule has 0 saturated heterocycles. The summed E-state index contributed by atoms with van der Waals surface area (Å²) in [6.07, 6.45) is 4.31. The van der Waals surface area contributed by atoms with Crippen LogP contribution in [-0.2, 0) is 6.42 Å². The van der Waals surface area contributed by atoms with E-state index in [1.54, 1.807) is 23.7 Å². The Kier molecular flexibility index (Phi) is 2.47. The lowest BCUT2D eigenvalue weighted by molar-refractivity contribution is 0.788. The summed E-state index contributed by atoms with van der Waals surface area (Å²) in [5.41, 5.74) is 0.763. The molecule has 0 radical (unpaired) electrons. The quantitative estimate of drug-likeness (QED) is 0.787. The van der Waals surface area contributed by atoms with E-state index in [9.17, 15) is 0 Å². The molecule has 0 aromatic carbocycles. The summed E-state index contributed by atoms with van der Waals surface area (Å²) < 4.78 is 0. The molecule has 0 aliphatic heterocycles. The molecule has 0 spiro atoms. The fourth-order valence-corrected chi connectivity index (χ4v) is 1.92. The number of fused-ring (bicyclic) bond motifs is 1. The van der Waals surface area contributed by atoms with Crippen molar-refractivity contribution in [2.24, 2.45) is 0 Å². The zero-order valence-electron chi connectivity index (χ0n) is 7.32. The molecular formula is C8H10N4S. The largest absolute Gasteiger partial charge is 0.319 e. The predicted molar refractivity (Wildman–Crippen MR) is 52.8 cm³/mol. The fraction of sp³-hybridized carbons (Fsp3) is 0.375. The van der Waals surface area contributed by atoms with Crippen LogP contribution in [0, 0.1) is 0 Å². The minimum absolute atomic E-state index is 0.763. The minimum Gasteiger partial charge on any atom is -0.319 e. The Bertz CT molecular complexity index is 365. The number of aromatic nitrogens is 3. The van der Waals surface area contributed by atoms with E-state index >= 15 is 0 Å². The lowest BCUT2D eigenvalue weighted by Crippen LogP contribution is -2.09. The summed E-state index contributed by atoms with van der Waals surface area (Å²) >= 11 is 1.61. The Morgan fingerprint density at radius 3 is 3.00 bits per heavy atom. The van der Waals surface area contributed by atoms with Crippen molar-refractivity contribution in [3.05, 3.63) is 17.4 Å². The Hall–Kier alpha value is -1.07. The summed E-state index contributed by atoms with van der Waals surface area (Å²) in [6, 6.07) is 0. The van der Waals surface area contributed by atoms with Gasteiger partial charge in [0, 0.05) is 25.4 Å². The standard InChI is InChI=1S/C8H10N4S/c1-9-3-2-6-12-7-8(13-6)11-5-4-10-7/h4-5,9H,2-3H2,1H3. The smallest absolute Gasteiger partial charge is 0.189 e. The van der Waals surface area contributed by atoms with Crippen LogP contribution in [-0.4, -0.2) is 28.5 Å². The van der Waals surface area contributed by atoms with E-state index in [2.05, 4.69) is 20.3 Å². The number of hydrogen-bond donors (Lipinski definition) is 1. The maximum Gasteiger partial charge on any atom is 0.189 e. The topological polar surface area (TPSA) is 50.7 Å². The van der Waals surface area contributed by atoms with Crippen molar-refractivity contribution in [1.82, 2.24) is 20.3 Å². The van der Waals surface area contributed by atoms with Crippen molar-refractivity contribution in [2.75, 3.05) is 13.6 Å². The lowest BCUT2D eigenvalue weighted by Gasteiger charge is -1.91. The molecule has 0 atom stereocenters. The van der Waals surface area contributed by atoms with Gasteiger partial charge < -0.3 is 5.32 Å². The number of thiazole rings is 1. The van der Waals surface area contributed by atoms with Gasteiger partial charge in [0.2, 0.25) is 0 Å². The highest BCUT2D eigenvalue weighted by molar-refractivity contribution is 7.18. The highest BCUT2D eigenvalue weighted by Gasteiger charge is 2.03. The fourth-order valence-electron chi connectivity index (χ4n) is 1.06. The maximum absolute atomic E-state index is 4.36. The average molecular weight is 194 g/mol. The molecule has 68 valence electrons. The third-order valence-electron chi connectivity index (χ3n) is 1.68. The molecule has 2 rings (SSSR count). The first-order chi connectivity index (χ1) is 6.40. The van der Waals surface area contributed by atoms with Gasteiger partial charge >= 0.3 is 0 Å². The van der Waals surface area contributed by atoms with Crippen LogP contribution in [0.25, 0.3) is 10.5 Å². The van der Waals surface area contributed by atoms with Crippen molar-refractivity contribution >= 4 is 21.8 Å². The summed E-state index contributed by atoms with van der Waals surface area (Å²) in [5, 5.41) is 4.18. The van der Waals surface area contributed by atoms with Gasteiger partial charge in [-0.15, -0.1) is 0 Å². The van der Waals surface area contributed by atoms with E-state index < -0.39 is 0 Å². The molecule has 2 aromatic rings. The van der Waals surface area contributed by atoms with Crippen LogP contribution in [0.1, 0.15) is 5.01 Å².